The quantitative estimate of drug-likeness (QED) is 0.896. The summed E-state index contributed by atoms with van der Waals surface area (Å²) < 4.78 is 18.7. The molecule has 0 atom stereocenters. The maximum atomic E-state index is 13.3. The van der Waals surface area contributed by atoms with Gasteiger partial charge in [0.2, 0.25) is 0 Å². The van der Waals surface area contributed by atoms with Crippen molar-refractivity contribution in [1.29, 1.82) is 0 Å². The summed E-state index contributed by atoms with van der Waals surface area (Å²) in [6.07, 6.45) is 0. The van der Waals surface area contributed by atoms with Gasteiger partial charge in [-0.2, -0.15) is 0 Å². The minimum absolute atomic E-state index is 0.254. The molecule has 2 aromatic carbocycles. The van der Waals surface area contributed by atoms with Crippen molar-refractivity contribution in [1.82, 2.24) is 0 Å². The monoisotopic (exact) mass is 245 g/mol. The normalized spacial score (nSPS) is 10.4. The minimum Gasteiger partial charge on any atom is -0.494 e. The van der Waals surface area contributed by atoms with Gasteiger partial charge in [-0.05, 0) is 47.9 Å². The summed E-state index contributed by atoms with van der Waals surface area (Å²) in [5.41, 5.74) is 8.38. The molecule has 0 saturated carbocycles. The summed E-state index contributed by atoms with van der Waals surface area (Å²) >= 11 is 0. The highest BCUT2D eigenvalue weighted by Gasteiger charge is 2.05. The molecule has 0 spiro atoms. The topological polar surface area (TPSA) is 35.2 Å². The molecule has 18 heavy (non-hydrogen) atoms. The third kappa shape index (κ3) is 2.68. The SMILES string of the molecule is CCOc1ccc(-c2cc(F)ccc2CN)cc1. The molecule has 0 amide bonds. The molecule has 0 aliphatic carbocycles. The molecule has 2 N–H and O–H groups in total. The Hall–Kier alpha value is -1.87. The summed E-state index contributed by atoms with van der Waals surface area (Å²) in [6.45, 7) is 2.96. The van der Waals surface area contributed by atoms with Crippen molar-refractivity contribution in [2.24, 2.45) is 5.73 Å². The van der Waals surface area contributed by atoms with E-state index in [1.165, 1.54) is 12.1 Å². The zero-order valence-electron chi connectivity index (χ0n) is 10.3. The number of rotatable bonds is 4. The zero-order chi connectivity index (χ0) is 13.0. The summed E-state index contributed by atoms with van der Waals surface area (Å²) in [6, 6.07) is 12.3. The number of nitrogens with two attached hydrogens (primary N) is 1. The summed E-state index contributed by atoms with van der Waals surface area (Å²) in [7, 11) is 0. The molecule has 0 aliphatic heterocycles. The highest BCUT2D eigenvalue weighted by atomic mass is 19.1. The fraction of sp³-hybridized carbons (Fsp3) is 0.200. The van der Waals surface area contributed by atoms with Crippen LogP contribution in [0, 0.1) is 5.82 Å². The Labute approximate surface area is 106 Å². The second-order valence-electron chi connectivity index (χ2n) is 3.96. The molecule has 2 rings (SSSR count). The molecule has 0 bridgehead atoms. The highest BCUT2D eigenvalue weighted by molar-refractivity contribution is 5.68. The minimum atomic E-state index is -0.254. The summed E-state index contributed by atoms with van der Waals surface area (Å²) in [4.78, 5) is 0. The van der Waals surface area contributed by atoms with Gasteiger partial charge in [0.1, 0.15) is 11.6 Å². The van der Waals surface area contributed by atoms with E-state index >= 15 is 0 Å². The van der Waals surface area contributed by atoms with E-state index in [4.69, 9.17) is 10.5 Å². The van der Waals surface area contributed by atoms with E-state index in [-0.39, 0.29) is 5.82 Å². The largest absolute Gasteiger partial charge is 0.494 e. The van der Waals surface area contributed by atoms with Crippen LogP contribution in [-0.4, -0.2) is 6.61 Å². The van der Waals surface area contributed by atoms with E-state index in [1.54, 1.807) is 6.07 Å². The molecule has 2 nitrogen and oxygen atoms in total. The lowest BCUT2D eigenvalue weighted by Crippen LogP contribution is -1.99. The van der Waals surface area contributed by atoms with Crippen LogP contribution in [0.1, 0.15) is 12.5 Å². The van der Waals surface area contributed by atoms with Gasteiger partial charge >= 0.3 is 0 Å². The molecule has 0 heterocycles. The summed E-state index contributed by atoms with van der Waals surface area (Å²) in [5.74, 6) is 0.558. The van der Waals surface area contributed by atoms with Gasteiger partial charge in [-0.1, -0.05) is 18.2 Å². The lowest BCUT2D eigenvalue weighted by molar-refractivity contribution is 0.340. The van der Waals surface area contributed by atoms with E-state index in [9.17, 15) is 4.39 Å². The van der Waals surface area contributed by atoms with Gasteiger partial charge in [0, 0.05) is 6.54 Å². The van der Waals surface area contributed by atoms with Crippen LogP contribution in [0.2, 0.25) is 0 Å². The molecule has 94 valence electrons. The second-order valence-corrected chi connectivity index (χ2v) is 3.96. The molecule has 0 radical (unpaired) electrons. The van der Waals surface area contributed by atoms with Crippen molar-refractivity contribution in [3.8, 4) is 16.9 Å². The predicted octanol–water partition coefficient (Wildman–Crippen LogP) is 3.35. The number of hydrogen-bond donors (Lipinski definition) is 1. The van der Waals surface area contributed by atoms with E-state index < -0.39 is 0 Å². The lowest BCUT2D eigenvalue weighted by atomic mass is 9.99. The van der Waals surface area contributed by atoms with E-state index in [2.05, 4.69) is 0 Å². The van der Waals surface area contributed by atoms with Gasteiger partial charge in [0.25, 0.3) is 0 Å². The average molecular weight is 245 g/mol. The molecule has 0 saturated heterocycles. The number of hydrogen-bond acceptors (Lipinski definition) is 2. The smallest absolute Gasteiger partial charge is 0.123 e. The molecule has 3 heteroatoms. The van der Waals surface area contributed by atoms with Gasteiger partial charge in [0.15, 0.2) is 0 Å². The Morgan fingerprint density at radius 2 is 1.83 bits per heavy atom. The second kappa shape index (κ2) is 5.65. The fourth-order valence-electron chi connectivity index (χ4n) is 1.89. The van der Waals surface area contributed by atoms with Crippen LogP contribution in [0.15, 0.2) is 42.5 Å². The van der Waals surface area contributed by atoms with Crippen LogP contribution in [0.4, 0.5) is 4.39 Å². The third-order valence-corrected chi connectivity index (χ3v) is 2.77. The van der Waals surface area contributed by atoms with Crippen molar-refractivity contribution in [3.05, 3.63) is 53.8 Å². The predicted molar refractivity (Wildman–Crippen MR) is 70.9 cm³/mol. The Morgan fingerprint density at radius 1 is 1.11 bits per heavy atom. The van der Waals surface area contributed by atoms with Gasteiger partial charge in [-0.3, -0.25) is 0 Å². The first-order chi connectivity index (χ1) is 8.74. The van der Waals surface area contributed by atoms with Crippen LogP contribution in [0.3, 0.4) is 0 Å². The lowest BCUT2D eigenvalue weighted by Gasteiger charge is -2.09. The molecule has 0 aromatic heterocycles. The van der Waals surface area contributed by atoms with Crippen LogP contribution in [0.5, 0.6) is 5.75 Å². The van der Waals surface area contributed by atoms with Crippen LogP contribution in [-0.2, 0) is 6.54 Å². The number of benzene rings is 2. The standard InChI is InChI=1S/C15H16FNO/c1-2-18-14-7-4-11(5-8-14)15-9-13(16)6-3-12(15)10-17/h3-9H,2,10,17H2,1H3. The number of ether oxygens (including phenoxy) is 1. The van der Waals surface area contributed by atoms with Crippen molar-refractivity contribution < 1.29 is 9.13 Å². The van der Waals surface area contributed by atoms with Crippen molar-refractivity contribution in [2.75, 3.05) is 6.61 Å². The van der Waals surface area contributed by atoms with Crippen LogP contribution < -0.4 is 10.5 Å². The maximum absolute atomic E-state index is 13.3. The first kappa shape index (κ1) is 12.6. The van der Waals surface area contributed by atoms with E-state index in [0.29, 0.717) is 13.2 Å². The van der Waals surface area contributed by atoms with Crippen LogP contribution in [0.25, 0.3) is 11.1 Å². The van der Waals surface area contributed by atoms with Gasteiger partial charge in [-0.25, -0.2) is 4.39 Å². The van der Waals surface area contributed by atoms with Gasteiger partial charge in [-0.15, -0.1) is 0 Å². The van der Waals surface area contributed by atoms with Crippen LogP contribution >= 0.6 is 0 Å². The van der Waals surface area contributed by atoms with Crippen molar-refractivity contribution in [3.63, 3.8) is 0 Å². The zero-order valence-corrected chi connectivity index (χ0v) is 10.3. The Balaban J connectivity index is 2.38. The maximum Gasteiger partial charge on any atom is 0.123 e. The highest BCUT2D eigenvalue weighted by Crippen LogP contribution is 2.26. The Bertz CT molecular complexity index is 523. The number of halogens is 1. The fourth-order valence-corrected chi connectivity index (χ4v) is 1.89. The molecular formula is C15H16FNO. The van der Waals surface area contributed by atoms with Crippen molar-refractivity contribution >= 4 is 0 Å². The van der Waals surface area contributed by atoms with E-state index in [0.717, 1.165) is 22.4 Å². The van der Waals surface area contributed by atoms with E-state index in [1.807, 2.05) is 31.2 Å². The van der Waals surface area contributed by atoms with Gasteiger partial charge < -0.3 is 10.5 Å². The van der Waals surface area contributed by atoms with Crippen molar-refractivity contribution in [2.45, 2.75) is 13.5 Å². The molecule has 2 aromatic rings. The Morgan fingerprint density at radius 3 is 2.44 bits per heavy atom. The molecule has 0 fully saturated rings. The first-order valence-corrected chi connectivity index (χ1v) is 5.96. The third-order valence-electron chi connectivity index (χ3n) is 2.77. The molecule has 0 aliphatic rings. The first-order valence-electron chi connectivity index (χ1n) is 5.96. The van der Waals surface area contributed by atoms with Gasteiger partial charge in [0.05, 0.1) is 6.61 Å². The molecular weight excluding hydrogens is 229 g/mol. The Kier molecular flexibility index (Phi) is 3.95. The summed E-state index contributed by atoms with van der Waals surface area (Å²) in [5, 5.41) is 0. The molecule has 0 unspecified atom stereocenters. The average Bonchev–Trinajstić information content (AvgIpc) is 2.40.